The molecule has 1 heterocycles. The van der Waals surface area contributed by atoms with Gasteiger partial charge in [0.15, 0.2) is 5.17 Å². The molecule has 1 aromatic rings. The Morgan fingerprint density at radius 1 is 1.48 bits per heavy atom. The summed E-state index contributed by atoms with van der Waals surface area (Å²) in [6.07, 6.45) is 5.12. The molecule has 2 aliphatic rings. The topological polar surface area (TPSA) is 33.6 Å². The molecule has 3 rings (SSSR count). The van der Waals surface area contributed by atoms with Crippen LogP contribution < -0.4 is 10.1 Å². The van der Waals surface area contributed by atoms with E-state index in [-0.39, 0.29) is 5.54 Å². The van der Waals surface area contributed by atoms with E-state index in [1.165, 1.54) is 25.7 Å². The molecule has 2 atom stereocenters. The number of amidine groups is 1. The summed E-state index contributed by atoms with van der Waals surface area (Å²) in [5.41, 5.74) is 1.19. The third-order valence-corrected chi connectivity index (χ3v) is 6.14. The molecule has 114 valence electrons. The van der Waals surface area contributed by atoms with Crippen molar-refractivity contribution in [1.29, 1.82) is 0 Å². The summed E-state index contributed by atoms with van der Waals surface area (Å²) in [7, 11) is 1.69. The first-order valence-electron chi connectivity index (χ1n) is 7.43. The second-order valence-corrected chi connectivity index (χ2v) is 7.92. The number of benzene rings is 1. The van der Waals surface area contributed by atoms with E-state index in [2.05, 4.69) is 28.2 Å². The summed E-state index contributed by atoms with van der Waals surface area (Å²) < 4.78 is 6.32. The van der Waals surface area contributed by atoms with Crippen molar-refractivity contribution in [3.8, 4) is 5.75 Å². The zero-order valence-electron chi connectivity index (χ0n) is 12.5. The minimum Gasteiger partial charge on any atom is -0.497 e. The predicted molar refractivity (Wildman–Crippen MR) is 94.6 cm³/mol. The Labute approximate surface area is 139 Å². The van der Waals surface area contributed by atoms with Gasteiger partial charge in [0.2, 0.25) is 0 Å². The number of ether oxygens (including phenoxy) is 1. The van der Waals surface area contributed by atoms with Gasteiger partial charge in [0, 0.05) is 16.3 Å². The number of halogens is 1. The van der Waals surface area contributed by atoms with Crippen LogP contribution in [-0.4, -0.2) is 23.6 Å². The molecule has 2 unspecified atom stereocenters. The van der Waals surface area contributed by atoms with Crippen molar-refractivity contribution in [3.63, 3.8) is 0 Å². The van der Waals surface area contributed by atoms with Gasteiger partial charge in [-0.25, -0.2) is 0 Å². The molecule has 21 heavy (non-hydrogen) atoms. The first kappa shape index (κ1) is 15.2. The molecular formula is C16H21BrN2OS. The Hall–Kier alpha value is -0.680. The Morgan fingerprint density at radius 3 is 3.10 bits per heavy atom. The summed E-state index contributed by atoms with van der Waals surface area (Å²) in [6.45, 7) is 2.35. The maximum Gasteiger partial charge on any atom is 0.161 e. The maximum absolute atomic E-state index is 5.29. The number of nitrogens with zero attached hydrogens (tertiary/aromatic N) is 1. The van der Waals surface area contributed by atoms with E-state index in [4.69, 9.17) is 9.73 Å². The Morgan fingerprint density at radius 2 is 2.33 bits per heavy atom. The van der Waals surface area contributed by atoms with Gasteiger partial charge in [-0.1, -0.05) is 31.5 Å². The average molecular weight is 369 g/mol. The van der Waals surface area contributed by atoms with Gasteiger partial charge in [0.25, 0.3) is 0 Å². The zero-order valence-corrected chi connectivity index (χ0v) is 14.9. The smallest absolute Gasteiger partial charge is 0.161 e. The van der Waals surface area contributed by atoms with E-state index in [9.17, 15) is 0 Å². The van der Waals surface area contributed by atoms with E-state index in [0.717, 1.165) is 32.7 Å². The van der Waals surface area contributed by atoms with Crippen LogP contribution >= 0.6 is 27.7 Å². The van der Waals surface area contributed by atoms with Gasteiger partial charge in [0.1, 0.15) is 5.75 Å². The van der Waals surface area contributed by atoms with Gasteiger partial charge < -0.3 is 10.1 Å². The normalized spacial score (nSPS) is 28.5. The van der Waals surface area contributed by atoms with Crippen molar-refractivity contribution in [2.45, 2.75) is 38.1 Å². The fraction of sp³-hybridized carbons (Fsp3) is 0.562. The van der Waals surface area contributed by atoms with Crippen molar-refractivity contribution < 1.29 is 4.74 Å². The first-order valence-corrected chi connectivity index (χ1v) is 9.21. The van der Waals surface area contributed by atoms with Crippen LogP contribution in [0.25, 0.3) is 0 Å². The predicted octanol–water partition coefficient (Wildman–Crippen LogP) is 4.92. The van der Waals surface area contributed by atoms with E-state index in [1.807, 2.05) is 30.0 Å². The van der Waals surface area contributed by atoms with Crippen molar-refractivity contribution >= 4 is 38.5 Å². The second-order valence-electron chi connectivity index (χ2n) is 6.10. The number of hydrogen-bond donors (Lipinski definition) is 1. The van der Waals surface area contributed by atoms with Gasteiger partial charge in [-0.2, -0.15) is 0 Å². The third kappa shape index (κ3) is 3.39. The minimum absolute atomic E-state index is 0.177. The number of rotatable bonds is 2. The number of nitrogens with one attached hydrogen (secondary N) is 1. The van der Waals surface area contributed by atoms with Crippen LogP contribution in [0.4, 0.5) is 5.69 Å². The van der Waals surface area contributed by atoms with Crippen molar-refractivity contribution in [2.75, 3.05) is 18.2 Å². The van der Waals surface area contributed by atoms with Gasteiger partial charge in [0.05, 0.1) is 18.3 Å². The lowest BCUT2D eigenvalue weighted by atomic mass is 9.78. The Bertz CT molecular complexity index is 563. The van der Waals surface area contributed by atoms with Crippen LogP contribution in [0.5, 0.6) is 5.75 Å². The van der Waals surface area contributed by atoms with Gasteiger partial charge >= 0.3 is 0 Å². The monoisotopic (exact) mass is 368 g/mol. The van der Waals surface area contributed by atoms with Crippen LogP contribution in [0, 0.1) is 5.92 Å². The molecule has 1 aliphatic heterocycles. The van der Waals surface area contributed by atoms with Crippen LogP contribution in [0.2, 0.25) is 0 Å². The molecule has 1 N–H and O–H groups in total. The molecule has 5 heteroatoms. The van der Waals surface area contributed by atoms with Gasteiger partial charge in [-0.15, -0.1) is 0 Å². The minimum atomic E-state index is 0.177. The van der Waals surface area contributed by atoms with Crippen LogP contribution in [0.1, 0.15) is 32.6 Å². The summed E-state index contributed by atoms with van der Waals surface area (Å²) in [5, 5.41) is 4.50. The largest absolute Gasteiger partial charge is 0.497 e. The molecule has 0 bridgehead atoms. The average Bonchev–Trinajstić information content (AvgIpc) is 2.83. The van der Waals surface area contributed by atoms with E-state index in [0.29, 0.717) is 0 Å². The Balaban J connectivity index is 1.77. The van der Waals surface area contributed by atoms with Crippen LogP contribution in [-0.2, 0) is 0 Å². The Kier molecular flexibility index (Phi) is 4.50. The molecule has 0 amide bonds. The highest BCUT2D eigenvalue weighted by Crippen LogP contribution is 2.42. The summed E-state index contributed by atoms with van der Waals surface area (Å²) in [6, 6.07) is 5.95. The molecule has 0 radical (unpaired) electrons. The molecule has 1 fully saturated rings. The highest BCUT2D eigenvalue weighted by molar-refractivity contribution is 9.10. The molecule has 1 spiro atoms. The fourth-order valence-corrected chi connectivity index (χ4v) is 4.77. The molecule has 0 saturated heterocycles. The number of hydrogen-bond acceptors (Lipinski definition) is 4. The summed E-state index contributed by atoms with van der Waals surface area (Å²) >= 11 is 5.43. The van der Waals surface area contributed by atoms with Gasteiger partial charge in [-0.3, -0.25) is 4.99 Å². The van der Waals surface area contributed by atoms with E-state index < -0.39 is 0 Å². The third-order valence-electron chi connectivity index (χ3n) is 4.30. The number of thioether (sulfide) groups is 1. The molecule has 1 aromatic carbocycles. The summed E-state index contributed by atoms with van der Waals surface area (Å²) in [4.78, 5) is 5.03. The van der Waals surface area contributed by atoms with Crippen molar-refractivity contribution in [3.05, 3.63) is 22.7 Å². The van der Waals surface area contributed by atoms with Crippen molar-refractivity contribution in [2.24, 2.45) is 10.9 Å². The molecular weight excluding hydrogens is 348 g/mol. The number of methoxy groups -OCH3 is 1. The standard InChI is InChI=1S/C16H21BrN2OS/c1-11-4-3-7-16(9-11)10-21-15(19-16)18-14-8-12(20-2)5-6-13(14)17/h5-6,8,11H,3-4,7,9-10H2,1-2H3,(H,18,19). The second kappa shape index (κ2) is 6.21. The number of anilines is 1. The lowest BCUT2D eigenvalue weighted by Crippen LogP contribution is -2.33. The summed E-state index contributed by atoms with van der Waals surface area (Å²) in [5.74, 6) is 2.76. The lowest BCUT2D eigenvalue weighted by Gasteiger charge is -2.33. The lowest BCUT2D eigenvalue weighted by molar-refractivity contribution is 0.266. The quantitative estimate of drug-likeness (QED) is 0.803. The number of aliphatic imine (C=N–C) groups is 1. The highest BCUT2D eigenvalue weighted by atomic mass is 79.9. The molecule has 3 nitrogen and oxygen atoms in total. The highest BCUT2D eigenvalue weighted by Gasteiger charge is 2.39. The van der Waals surface area contributed by atoms with E-state index >= 15 is 0 Å². The SMILES string of the molecule is COc1ccc(Br)c(NC2=NC3(CCCC(C)C3)CS2)c1. The van der Waals surface area contributed by atoms with Crippen LogP contribution in [0.3, 0.4) is 0 Å². The molecule has 1 saturated carbocycles. The first-order chi connectivity index (χ1) is 10.1. The fourth-order valence-electron chi connectivity index (χ4n) is 3.25. The van der Waals surface area contributed by atoms with Gasteiger partial charge in [-0.05, 0) is 46.8 Å². The zero-order chi connectivity index (χ0) is 14.9. The molecule has 1 aliphatic carbocycles. The van der Waals surface area contributed by atoms with Crippen LogP contribution in [0.15, 0.2) is 27.7 Å². The molecule has 0 aromatic heterocycles. The van der Waals surface area contributed by atoms with E-state index in [1.54, 1.807) is 7.11 Å². The maximum atomic E-state index is 5.29. The van der Waals surface area contributed by atoms with Crippen molar-refractivity contribution in [1.82, 2.24) is 0 Å².